The molecule has 6 nitrogen and oxygen atoms in total. The summed E-state index contributed by atoms with van der Waals surface area (Å²) in [4.78, 5) is 21.7. The van der Waals surface area contributed by atoms with E-state index in [2.05, 4.69) is 10.1 Å². The molecule has 0 aromatic heterocycles. The number of benzene rings is 1. The fourth-order valence-electron chi connectivity index (χ4n) is 1.63. The van der Waals surface area contributed by atoms with Gasteiger partial charge < -0.3 is 25.1 Å². The quantitative estimate of drug-likeness (QED) is 0.327. The Labute approximate surface area is 165 Å². The summed E-state index contributed by atoms with van der Waals surface area (Å²) in [6.07, 6.45) is 1.04. The van der Waals surface area contributed by atoms with E-state index in [1.54, 1.807) is 6.92 Å². The molecule has 1 aromatic carbocycles. The van der Waals surface area contributed by atoms with E-state index in [1.807, 2.05) is 0 Å². The third-order valence-electron chi connectivity index (χ3n) is 2.62. The maximum atomic E-state index is 11.0. The first-order chi connectivity index (χ1) is 9.42. The van der Waals surface area contributed by atoms with Crippen LogP contribution in [0.2, 0.25) is 0 Å². The fourth-order valence-corrected chi connectivity index (χ4v) is 1.63. The zero-order chi connectivity index (χ0) is 15.1. The summed E-state index contributed by atoms with van der Waals surface area (Å²) in [5, 5.41) is 23.0. The number of hydrogen-bond acceptors (Lipinski definition) is 6. The van der Waals surface area contributed by atoms with Crippen molar-refractivity contribution in [1.29, 1.82) is 0 Å². The van der Waals surface area contributed by atoms with Crippen LogP contribution in [0.3, 0.4) is 0 Å². The van der Waals surface area contributed by atoms with E-state index in [0.717, 1.165) is 0 Å². The summed E-state index contributed by atoms with van der Waals surface area (Å²) in [5.74, 6) is -1.64. The number of carboxylic acid groups (broad SMARTS) is 1. The average molecular weight is 317 g/mol. The minimum absolute atomic E-state index is 0. The van der Waals surface area contributed by atoms with Crippen LogP contribution in [0.1, 0.15) is 18.1 Å². The van der Waals surface area contributed by atoms with E-state index < -0.39 is 11.9 Å². The van der Waals surface area contributed by atoms with Crippen molar-refractivity contribution in [2.24, 2.45) is 0 Å². The second kappa shape index (κ2) is 9.96. The maximum absolute atomic E-state index is 11.0. The number of phenolic OH excluding ortho intramolecular Hbond substituents is 1. The minimum Gasteiger partial charge on any atom is -0.550 e. The van der Waals surface area contributed by atoms with Crippen molar-refractivity contribution >= 4 is 11.9 Å². The number of rotatable bonds is 6. The van der Waals surface area contributed by atoms with Crippen LogP contribution in [0.4, 0.5) is 0 Å². The van der Waals surface area contributed by atoms with Gasteiger partial charge in [0.15, 0.2) is 0 Å². The Balaban J connectivity index is 0.00000400. The van der Waals surface area contributed by atoms with Gasteiger partial charge >= 0.3 is 57.4 Å². The van der Waals surface area contributed by atoms with Crippen LogP contribution in [0.25, 0.3) is 0 Å². The predicted octanol–water partition coefficient (Wildman–Crippen LogP) is -3.14. The molecule has 0 amide bonds. The largest absolute Gasteiger partial charge is 1.00 e. The molecule has 0 saturated carbocycles. The van der Waals surface area contributed by atoms with E-state index in [4.69, 9.17) is 0 Å². The summed E-state index contributed by atoms with van der Waals surface area (Å²) < 4.78 is 4.49. The summed E-state index contributed by atoms with van der Waals surface area (Å²) in [6.45, 7) is 1.95. The molecule has 0 fully saturated rings. The summed E-state index contributed by atoms with van der Waals surface area (Å²) in [5.41, 5.74) is 1.73. The van der Waals surface area contributed by atoms with Crippen LogP contribution >= 0.6 is 0 Å². The van der Waals surface area contributed by atoms with Crippen molar-refractivity contribution in [3.8, 4) is 5.75 Å². The van der Waals surface area contributed by atoms with Gasteiger partial charge in [0.05, 0.1) is 7.11 Å². The molecule has 0 atom stereocenters. The third-order valence-corrected chi connectivity index (χ3v) is 2.62. The van der Waals surface area contributed by atoms with Crippen molar-refractivity contribution in [2.75, 3.05) is 7.11 Å². The Morgan fingerprint density at radius 2 is 2.05 bits per heavy atom. The minimum atomic E-state index is -1.20. The Bertz CT molecular complexity index is 542. The molecule has 7 heteroatoms. The number of allylic oxidation sites excluding steroid dienone is 1. The summed E-state index contributed by atoms with van der Waals surface area (Å²) >= 11 is 0. The molecule has 0 saturated heterocycles. The molecule has 2 N–H and O–H groups in total. The summed E-state index contributed by atoms with van der Waals surface area (Å²) in [6, 6.07) is 4.41. The number of phenols is 1. The van der Waals surface area contributed by atoms with E-state index in [0.29, 0.717) is 16.8 Å². The van der Waals surface area contributed by atoms with E-state index in [-0.39, 0.29) is 70.1 Å². The van der Waals surface area contributed by atoms with Crippen LogP contribution < -0.4 is 61.8 Å². The molecule has 1 rings (SSSR count). The van der Waals surface area contributed by atoms with Gasteiger partial charge in [0.1, 0.15) is 5.75 Å². The smallest absolute Gasteiger partial charge is 0.550 e. The zero-order valence-electron chi connectivity index (χ0n) is 12.3. The van der Waals surface area contributed by atoms with Crippen LogP contribution in [-0.4, -0.2) is 24.2 Å². The van der Waals surface area contributed by atoms with E-state index in [1.165, 1.54) is 31.4 Å². The van der Waals surface area contributed by atoms with Gasteiger partial charge in [0.25, 0.3) is 0 Å². The number of carboxylic acids is 1. The topological polar surface area (TPSA) is 98.7 Å². The number of aliphatic carboxylic acids is 1. The van der Waals surface area contributed by atoms with Crippen LogP contribution in [0.5, 0.6) is 5.75 Å². The fraction of sp³-hybridized carbons (Fsp3) is 0.286. The third kappa shape index (κ3) is 7.63. The molecular formula is C14H16KNO5. The van der Waals surface area contributed by atoms with E-state index >= 15 is 0 Å². The molecule has 0 radical (unpaired) electrons. The number of carbonyl (C=O) groups excluding carboxylic acids is 2. The standard InChI is InChI=1S/C14H17NO5.K/c1-9(5-14(19)20-2)15-8-11-6-12(16)4-3-10(11)7-13(17)18;/h3-6,15-16H,7-8H2,1-2H3,(H,17,18);/q;+1/p-1. The average Bonchev–Trinajstić information content (AvgIpc) is 2.38. The monoisotopic (exact) mass is 317 g/mol. The van der Waals surface area contributed by atoms with Crippen molar-refractivity contribution in [2.45, 2.75) is 19.9 Å². The van der Waals surface area contributed by atoms with Crippen molar-refractivity contribution in [3.63, 3.8) is 0 Å². The normalized spacial score (nSPS) is 10.5. The molecule has 0 aliphatic rings. The Kier molecular flexibility index (Phi) is 9.55. The molecule has 0 spiro atoms. The molecular weight excluding hydrogens is 301 g/mol. The van der Waals surface area contributed by atoms with Crippen LogP contribution in [0, 0.1) is 0 Å². The molecule has 0 heterocycles. The molecule has 108 valence electrons. The first-order valence-corrected chi connectivity index (χ1v) is 5.93. The van der Waals surface area contributed by atoms with Gasteiger partial charge in [0, 0.05) is 30.7 Å². The SMILES string of the molecule is COC(=O)C=C(C)NCc1cc(O)ccc1CC(=O)[O-].[K+]. The van der Waals surface area contributed by atoms with Crippen molar-refractivity contribution in [3.05, 3.63) is 41.1 Å². The van der Waals surface area contributed by atoms with Crippen molar-refractivity contribution < 1.29 is 75.9 Å². The molecule has 0 bridgehead atoms. The first-order valence-electron chi connectivity index (χ1n) is 5.93. The Morgan fingerprint density at radius 1 is 1.38 bits per heavy atom. The molecule has 0 aliphatic heterocycles. The number of aromatic hydroxyl groups is 1. The molecule has 1 aromatic rings. The van der Waals surface area contributed by atoms with Crippen LogP contribution in [-0.2, 0) is 27.3 Å². The maximum Gasteiger partial charge on any atom is 1.00 e. The number of esters is 1. The molecule has 21 heavy (non-hydrogen) atoms. The van der Waals surface area contributed by atoms with Gasteiger partial charge in [-0.1, -0.05) is 6.07 Å². The van der Waals surface area contributed by atoms with Gasteiger partial charge in [-0.15, -0.1) is 0 Å². The van der Waals surface area contributed by atoms with Crippen LogP contribution in [0.15, 0.2) is 30.0 Å². The second-order valence-electron chi connectivity index (χ2n) is 4.21. The van der Waals surface area contributed by atoms with Gasteiger partial charge in [-0.2, -0.15) is 0 Å². The molecule has 0 unspecified atom stereocenters. The Morgan fingerprint density at radius 3 is 2.62 bits per heavy atom. The number of nitrogens with one attached hydrogen (secondary N) is 1. The van der Waals surface area contributed by atoms with Gasteiger partial charge in [-0.3, -0.25) is 0 Å². The Hall–Kier alpha value is -0.864. The summed E-state index contributed by atoms with van der Waals surface area (Å²) in [7, 11) is 1.28. The predicted molar refractivity (Wildman–Crippen MR) is 69.4 cm³/mol. The first kappa shape index (κ1) is 20.1. The van der Waals surface area contributed by atoms with Crippen molar-refractivity contribution in [1.82, 2.24) is 5.32 Å². The number of ether oxygens (including phenoxy) is 1. The van der Waals surface area contributed by atoms with Gasteiger partial charge in [0.2, 0.25) is 0 Å². The number of carbonyl (C=O) groups is 2. The number of methoxy groups -OCH3 is 1. The van der Waals surface area contributed by atoms with Gasteiger partial charge in [-0.05, 0) is 30.2 Å². The molecule has 0 aliphatic carbocycles. The number of hydrogen-bond donors (Lipinski definition) is 2. The van der Waals surface area contributed by atoms with Gasteiger partial charge in [-0.25, -0.2) is 4.79 Å². The zero-order valence-corrected chi connectivity index (χ0v) is 15.4. The van der Waals surface area contributed by atoms with E-state index in [9.17, 15) is 19.8 Å². The second-order valence-corrected chi connectivity index (χ2v) is 4.21.